The number of nitrogens with zero attached hydrogens (tertiary/aromatic N) is 2. The number of hydrogen-bond donors (Lipinski definition) is 1. The van der Waals surface area contributed by atoms with Crippen LogP contribution in [0.3, 0.4) is 0 Å². The number of amides is 1. The van der Waals surface area contributed by atoms with Gasteiger partial charge < -0.3 is 14.9 Å². The van der Waals surface area contributed by atoms with E-state index in [1.54, 1.807) is 6.92 Å². The molecule has 1 amide bonds. The Balaban J connectivity index is 1.84. The maximum atomic E-state index is 12.2. The molecule has 1 aromatic rings. The number of aliphatic carboxylic acids is 1. The zero-order valence-corrected chi connectivity index (χ0v) is 13.4. The molecule has 6 heteroatoms. The Bertz CT molecular complexity index is 542. The molecule has 0 radical (unpaired) electrons. The molecule has 1 aromatic carbocycles. The van der Waals surface area contributed by atoms with Gasteiger partial charge >= 0.3 is 5.97 Å². The van der Waals surface area contributed by atoms with Gasteiger partial charge in [-0.25, -0.2) is 0 Å². The summed E-state index contributed by atoms with van der Waals surface area (Å²) in [5.74, 6) is -0.943. The number of halogens is 1. The number of carboxylic acid groups (broad SMARTS) is 1. The van der Waals surface area contributed by atoms with Crippen molar-refractivity contribution in [2.45, 2.75) is 19.8 Å². The standard InChI is InChI=1S/C16H21ClN2O3/c1-12(10-16(21)22)9-15(20)19-7-5-18(6-8-19)14-4-2-3-13(17)11-14/h2-4,11-12H,5-10H2,1H3,(H,21,22). The van der Waals surface area contributed by atoms with Crippen molar-refractivity contribution in [1.82, 2.24) is 4.90 Å². The summed E-state index contributed by atoms with van der Waals surface area (Å²) < 4.78 is 0. The van der Waals surface area contributed by atoms with E-state index in [-0.39, 0.29) is 18.2 Å². The Hall–Kier alpha value is -1.75. The first-order valence-electron chi connectivity index (χ1n) is 7.46. The summed E-state index contributed by atoms with van der Waals surface area (Å²) >= 11 is 6.00. The average Bonchev–Trinajstić information content (AvgIpc) is 2.46. The van der Waals surface area contributed by atoms with Gasteiger partial charge in [-0.3, -0.25) is 9.59 Å². The van der Waals surface area contributed by atoms with E-state index >= 15 is 0 Å². The van der Waals surface area contributed by atoms with Gasteiger partial charge in [0.2, 0.25) is 5.91 Å². The molecule has 0 bridgehead atoms. The third kappa shape index (κ3) is 4.63. The van der Waals surface area contributed by atoms with Crippen molar-refractivity contribution >= 4 is 29.2 Å². The van der Waals surface area contributed by atoms with Crippen LogP contribution in [0.5, 0.6) is 0 Å². The van der Waals surface area contributed by atoms with Crippen LogP contribution in [-0.4, -0.2) is 48.1 Å². The first kappa shape index (κ1) is 16.6. The number of hydrogen-bond acceptors (Lipinski definition) is 3. The third-order valence-corrected chi connectivity index (χ3v) is 4.09. The third-order valence-electron chi connectivity index (χ3n) is 3.85. The fraction of sp³-hybridized carbons (Fsp3) is 0.500. The summed E-state index contributed by atoms with van der Waals surface area (Å²) in [5.41, 5.74) is 1.07. The van der Waals surface area contributed by atoms with Gasteiger partial charge in [0.05, 0.1) is 0 Å². The minimum Gasteiger partial charge on any atom is -0.481 e. The lowest BCUT2D eigenvalue weighted by Crippen LogP contribution is -2.49. The fourth-order valence-corrected chi connectivity index (χ4v) is 2.87. The Morgan fingerprint density at radius 1 is 1.23 bits per heavy atom. The van der Waals surface area contributed by atoms with Crippen LogP contribution in [0.4, 0.5) is 5.69 Å². The van der Waals surface area contributed by atoms with Gasteiger partial charge in [-0.2, -0.15) is 0 Å². The number of carboxylic acids is 1. The largest absolute Gasteiger partial charge is 0.481 e. The zero-order chi connectivity index (χ0) is 16.1. The van der Waals surface area contributed by atoms with Crippen LogP contribution in [0.25, 0.3) is 0 Å². The molecule has 0 spiro atoms. The molecule has 0 saturated carbocycles. The highest BCUT2D eigenvalue weighted by Crippen LogP contribution is 2.21. The second-order valence-corrected chi connectivity index (χ2v) is 6.19. The molecule has 1 heterocycles. The summed E-state index contributed by atoms with van der Waals surface area (Å²) in [6.45, 7) is 4.64. The molecule has 1 fully saturated rings. The number of anilines is 1. The predicted octanol–water partition coefficient (Wildman–Crippen LogP) is 2.49. The van der Waals surface area contributed by atoms with Gasteiger partial charge in [-0.05, 0) is 24.1 Å². The monoisotopic (exact) mass is 324 g/mol. The van der Waals surface area contributed by atoms with Crippen LogP contribution >= 0.6 is 11.6 Å². The summed E-state index contributed by atoms with van der Waals surface area (Å²) in [5, 5.41) is 9.45. The Morgan fingerprint density at radius 3 is 2.50 bits per heavy atom. The second-order valence-electron chi connectivity index (χ2n) is 5.75. The molecule has 1 atom stereocenters. The molecule has 22 heavy (non-hydrogen) atoms. The van der Waals surface area contributed by atoms with Crippen LogP contribution in [0.15, 0.2) is 24.3 Å². The van der Waals surface area contributed by atoms with Gasteiger partial charge in [0.1, 0.15) is 0 Å². The second kappa shape index (κ2) is 7.49. The average molecular weight is 325 g/mol. The molecule has 1 saturated heterocycles. The fourth-order valence-electron chi connectivity index (χ4n) is 2.68. The Labute approximate surface area is 135 Å². The van der Waals surface area contributed by atoms with Gasteiger partial charge in [0.25, 0.3) is 0 Å². The zero-order valence-electron chi connectivity index (χ0n) is 12.7. The number of carbonyl (C=O) groups is 2. The SMILES string of the molecule is CC(CC(=O)O)CC(=O)N1CCN(c2cccc(Cl)c2)CC1. The van der Waals surface area contributed by atoms with Crippen molar-refractivity contribution in [2.75, 3.05) is 31.1 Å². The Kier molecular flexibility index (Phi) is 5.66. The predicted molar refractivity (Wildman–Crippen MR) is 86.3 cm³/mol. The number of rotatable bonds is 5. The molecule has 1 N–H and O–H groups in total. The lowest BCUT2D eigenvalue weighted by molar-refractivity contribution is -0.138. The van der Waals surface area contributed by atoms with Gasteiger partial charge in [-0.1, -0.05) is 24.6 Å². The molecular weight excluding hydrogens is 304 g/mol. The maximum Gasteiger partial charge on any atom is 0.303 e. The Morgan fingerprint density at radius 2 is 1.91 bits per heavy atom. The topological polar surface area (TPSA) is 60.9 Å². The normalized spacial score (nSPS) is 16.5. The van der Waals surface area contributed by atoms with E-state index in [4.69, 9.17) is 16.7 Å². The minimum absolute atomic E-state index is 0.0359. The maximum absolute atomic E-state index is 12.2. The number of benzene rings is 1. The van der Waals surface area contributed by atoms with E-state index in [0.29, 0.717) is 24.5 Å². The number of carbonyl (C=O) groups excluding carboxylic acids is 1. The van der Waals surface area contributed by atoms with Crippen LogP contribution in [-0.2, 0) is 9.59 Å². The molecule has 0 aromatic heterocycles. The summed E-state index contributed by atoms with van der Waals surface area (Å²) in [6.07, 6.45) is 0.331. The lowest BCUT2D eigenvalue weighted by atomic mass is 10.0. The van der Waals surface area contributed by atoms with Crippen LogP contribution in [0.1, 0.15) is 19.8 Å². The lowest BCUT2D eigenvalue weighted by Gasteiger charge is -2.36. The van der Waals surface area contributed by atoms with Gasteiger partial charge in [0, 0.05) is 49.7 Å². The van der Waals surface area contributed by atoms with Crippen LogP contribution in [0.2, 0.25) is 5.02 Å². The highest BCUT2D eigenvalue weighted by Gasteiger charge is 2.23. The quantitative estimate of drug-likeness (QED) is 0.904. The molecule has 2 rings (SSSR count). The van der Waals surface area contributed by atoms with Crippen molar-refractivity contribution in [3.8, 4) is 0 Å². The molecule has 120 valence electrons. The highest BCUT2D eigenvalue weighted by molar-refractivity contribution is 6.30. The molecule has 1 unspecified atom stereocenters. The van der Waals surface area contributed by atoms with Crippen molar-refractivity contribution in [3.63, 3.8) is 0 Å². The van der Waals surface area contributed by atoms with E-state index in [9.17, 15) is 9.59 Å². The van der Waals surface area contributed by atoms with Crippen molar-refractivity contribution < 1.29 is 14.7 Å². The molecule has 1 aliphatic rings. The first-order chi connectivity index (χ1) is 10.5. The van der Waals surface area contributed by atoms with E-state index < -0.39 is 5.97 Å². The minimum atomic E-state index is -0.855. The van der Waals surface area contributed by atoms with E-state index in [0.717, 1.165) is 18.8 Å². The summed E-state index contributed by atoms with van der Waals surface area (Å²) in [6, 6.07) is 7.70. The molecule has 1 aliphatic heterocycles. The van der Waals surface area contributed by atoms with Crippen LogP contribution < -0.4 is 4.90 Å². The van der Waals surface area contributed by atoms with E-state index in [1.807, 2.05) is 29.2 Å². The highest BCUT2D eigenvalue weighted by atomic mass is 35.5. The van der Waals surface area contributed by atoms with Crippen molar-refractivity contribution in [3.05, 3.63) is 29.3 Å². The van der Waals surface area contributed by atoms with Gasteiger partial charge in [0.15, 0.2) is 0 Å². The summed E-state index contributed by atoms with van der Waals surface area (Å²) in [4.78, 5) is 26.9. The molecule has 5 nitrogen and oxygen atoms in total. The van der Waals surface area contributed by atoms with E-state index in [2.05, 4.69) is 4.90 Å². The van der Waals surface area contributed by atoms with Crippen molar-refractivity contribution in [1.29, 1.82) is 0 Å². The van der Waals surface area contributed by atoms with Gasteiger partial charge in [-0.15, -0.1) is 0 Å². The molecular formula is C16H21ClN2O3. The van der Waals surface area contributed by atoms with E-state index in [1.165, 1.54) is 0 Å². The smallest absolute Gasteiger partial charge is 0.303 e. The van der Waals surface area contributed by atoms with Crippen LogP contribution in [0, 0.1) is 5.92 Å². The van der Waals surface area contributed by atoms with Crippen molar-refractivity contribution in [2.24, 2.45) is 5.92 Å². The first-order valence-corrected chi connectivity index (χ1v) is 7.83. The molecule has 0 aliphatic carbocycles. The summed E-state index contributed by atoms with van der Waals surface area (Å²) in [7, 11) is 0. The number of piperazine rings is 1.